The topological polar surface area (TPSA) is 74.5 Å². The van der Waals surface area contributed by atoms with Gasteiger partial charge in [0.05, 0.1) is 4.92 Å². The van der Waals surface area contributed by atoms with Crippen LogP contribution >= 0.6 is 0 Å². The molecular weight excluding hydrogens is 306 g/mol. The lowest BCUT2D eigenvalue weighted by atomic mass is 9.98. The van der Waals surface area contributed by atoms with Crippen molar-refractivity contribution in [3.05, 3.63) is 27.9 Å². The summed E-state index contributed by atoms with van der Waals surface area (Å²) in [4.78, 5) is 19.7. The summed E-state index contributed by atoms with van der Waals surface area (Å²) < 4.78 is 0. The summed E-state index contributed by atoms with van der Waals surface area (Å²) in [6.45, 7) is 6.41. The van der Waals surface area contributed by atoms with E-state index >= 15 is 0 Å². The van der Waals surface area contributed by atoms with Gasteiger partial charge in [0, 0.05) is 30.7 Å². The molecule has 0 amide bonds. The van der Waals surface area contributed by atoms with E-state index in [1.54, 1.807) is 13.0 Å². The van der Waals surface area contributed by atoms with Crippen LogP contribution in [0.3, 0.4) is 0 Å². The van der Waals surface area contributed by atoms with Crippen LogP contribution in [0.5, 0.6) is 0 Å². The molecular formula is C17H27N5O2. The fraction of sp³-hybridized carbons (Fsp3) is 0.706. The van der Waals surface area contributed by atoms with Gasteiger partial charge in [-0.05, 0) is 58.8 Å². The van der Waals surface area contributed by atoms with Gasteiger partial charge in [0.15, 0.2) is 0 Å². The van der Waals surface area contributed by atoms with E-state index in [9.17, 15) is 10.1 Å². The molecule has 0 atom stereocenters. The molecule has 0 aromatic carbocycles. The first kappa shape index (κ1) is 17.1. The van der Waals surface area contributed by atoms with Crippen molar-refractivity contribution in [2.75, 3.05) is 38.5 Å². The van der Waals surface area contributed by atoms with Gasteiger partial charge >= 0.3 is 0 Å². The molecule has 2 fully saturated rings. The van der Waals surface area contributed by atoms with Gasteiger partial charge in [0.25, 0.3) is 5.69 Å². The Morgan fingerprint density at radius 2 is 1.88 bits per heavy atom. The van der Waals surface area contributed by atoms with Crippen molar-refractivity contribution in [3.8, 4) is 0 Å². The van der Waals surface area contributed by atoms with Crippen LogP contribution in [0.25, 0.3) is 0 Å². The molecule has 3 heterocycles. The zero-order chi connectivity index (χ0) is 17.1. The molecule has 0 spiro atoms. The van der Waals surface area contributed by atoms with Gasteiger partial charge in [-0.1, -0.05) is 0 Å². The lowest BCUT2D eigenvalue weighted by Gasteiger charge is -2.41. The summed E-state index contributed by atoms with van der Waals surface area (Å²) in [5.74, 6) is 0.746. The number of anilines is 1. The van der Waals surface area contributed by atoms with E-state index in [4.69, 9.17) is 0 Å². The summed E-state index contributed by atoms with van der Waals surface area (Å²) in [6, 6.07) is 2.92. The largest absolute Gasteiger partial charge is 0.367 e. The fourth-order valence-electron chi connectivity index (χ4n) is 3.80. The number of pyridine rings is 1. The Balaban J connectivity index is 1.50. The highest BCUT2D eigenvalue weighted by atomic mass is 16.6. The van der Waals surface area contributed by atoms with Crippen LogP contribution in [-0.4, -0.2) is 65.0 Å². The summed E-state index contributed by atoms with van der Waals surface area (Å²) in [7, 11) is 2.20. The lowest BCUT2D eigenvalue weighted by molar-refractivity contribution is -0.385. The second-order valence-electron chi connectivity index (χ2n) is 7.10. The Morgan fingerprint density at radius 3 is 2.46 bits per heavy atom. The van der Waals surface area contributed by atoms with Crippen LogP contribution in [0, 0.1) is 17.0 Å². The minimum atomic E-state index is -0.383. The van der Waals surface area contributed by atoms with Crippen LogP contribution in [0.15, 0.2) is 12.3 Å². The first-order valence-electron chi connectivity index (χ1n) is 8.83. The van der Waals surface area contributed by atoms with Crippen LogP contribution < -0.4 is 5.32 Å². The molecule has 0 bridgehead atoms. The predicted octanol–water partition coefficient (Wildman–Crippen LogP) is 2.27. The van der Waals surface area contributed by atoms with E-state index in [0.29, 0.717) is 11.6 Å². The molecule has 1 aromatic heterocycles. The highest BCUT2D eigenvalue weighted by molar-refractivity contribution is 5.47. The van der Waals surface area contributed by atoms with Crippen molar-refractivity contribution in [1.82, 2.24) is 14.8 Å². The average molecular weight is 333 g/mol. The van der Waals surface area contributed by atoms with E-state index < -0.39 is 0 Å². The Bertz CT molecular complexity index is 578. The van der Waals surface area contributed by atoms with E-state index in [0.717, 1.165) is 37.8 Å². The number of nitro groups is 1. The van der Waals surface area contributed by atoms with Crippen molar-refractivity contribution in [2.24, 2.45) is 0 Å². The van der Waals surface area contributed by atoms with Crippen molar-refractivity contribution in [1.29, 1.82) is 0 Å². The smallest absolute Gasteiger partial charge is 0.290 e. The molecule has 1 N–H and O–H groups in total. The maximum atomic E-state index is 10.9. The molecule has 0 aliphatic carbocycles. The molecule has 7 nitrogen and oxygen atoms in total. The molecule has 0 saturated carbocycles. The normalized spacial score (nSPS) is 21.8. The predicted molar refractivity (Wildman–Crippen MR) is 94.4 cm³/mol. The standard InChI is InChI=1S/C17H27N5O2/c1-13-11-17(18-12-16(13)22(23)24)19-14-3-9-21(10-4-14)15-5-7-20(2)8-6-15/h11-12,14-15H,3-10H2,1-2H3,(H,18,19). The summed E-state index contributed by atoms with van der Waals surface area (Å²) in [5, 5.41) is 14.3. The molecule has 0 unspecified atom stereocenters. The van der Waals surface area contributed by atoms with Crippen LogP contribution in [0.2, 0.25) is 0 Å². The number of hydrogen-bond donors (Lipinski definition) is 1. The van der Waals surface area contributed by atoms with Crippen molar-refractivity contribution in [2.45, 2.75) is 44.7 Å². The van der Waals surface area contributed by atoms with E-state index in [1.807, 2.05) is 0 Å². The molecule has 2 aliphatic rings. The van der Waals surface area contributed by atoms with Crippen LogP contribution in [0.4, 0.5) is 11.5 Å². The molecule has 7 heteroatoms. The lowest BCUT2D eigenvalue weighted by Crippen LogP contribution is -2.48. The van der Waals surface area contributed by atoms with Crippen molar-refractivity contribution in [3.63, 3.8) is 0 Å². The molecule has 132 valence electrons. The molecule has 2 aliphatic heterocycles. The summed E-state index contributed by atoms with van der Waals surface area (Å²) in [6.07, 6.45) is 6.11. The maximum absolute atomic E-state index is 10.9. The molecule has 3 rings (SSSR count). The zero-order valence-corrected chi connectivity index (χ0v) is 14.6. The monoisotopic (exact) mass is 333 g/mol. The van der Waals surface area contributed by atoms with Gasteiger partial charge in [-0.15, -0.1) is 0 Å². The minimum Gasteiger partial charge on any atom is -0.367 e. The second-order valence-corrected chi connectivity index (χ2v) is 7.10. The van der Waals surface area contributed by atoms with E-state index in [-0.39, 0.29) is 10.6 Å². The third-order valence-electron chi connectivity index (χ3n) is 5.37. The average Bonchev–Trinajstić information content (AvgIpc) is 2.56. The number of likely N-dealkylation sites (tertiary alicyclic amines) is 2. The van der Waals surface area contributed by atoms with Gasteiger partial charge in [-0.2, -0.15) is 0 Å². The Kier molecular flexibility index (Phi) is 5.30. The van der Waals surface area contributed by atoms with Crippen LogP contribution in [0.1, 0.15) is 31.2 Å². The molecule has 0 radical (unpaired) electrons. The Morgan fingerprint density at radius 1 is 1.21 bits per heavy atom. The number of hydrogen-bond acceptors (Lipinski definition) is 6. The SMILES string of the molecule is Cc1cc(NC2CCN(C3CCN(C)CC3)CC2)ncc1[N+](=O)[O-]. The first-order valence-corrected chi connectivity index (χ1v) is 8.83. The third-order valence-corrected chi connectivity index (χ3v) is 5.37. The number of aryl methyl sites for hydroxylation is 1. The highest BCUT2D eigenvalue weighted by Crippen LogP contribution is 2.24. The van der Waals surface area contributed by atoms with E-state index in [1.165, 1.54) is 32.1 Å². The molecule has 24 heavy (non-hydrogen) atoms. The zero-order valence-electron chi connectivity index (χ0n) is 14.6. The van der Waals surface area contributed by atoms with Gasteiger partial charge in [0.2, 0.25) is 0 Å². The summed E-state index contributed by atoms with van der Waals surface area (Å²) in [5.41, 5.74) is 0.735. The van der Waals surface area contributed by atoms with Crippen molar-refractivity contribution >= 4 is 11.5 Å². The maximum Gasteiger partial charge on any atom is 0.290 e. The second kappa shape index (κ2) is 7.44. The first-order chi connectivity index (χ1) is 11.5. The van der Waals surface area contributed by atoms with Crippen molar-refractivity contribution < 1.29 is 4.92 Å². The number of rotatable bonds is 4. The van der Waals surface area contributed by atoms with Gasteiger partial charge < -0.3 is 15.1 Å². The quantitative estimate of drug-likeness (QED) is 0.673. The third kappa shape index (κ3) is 4.02. The molecule has 1 aromatic rings. The number of piperidine rings is 2. The number of nitrogens with zero attached hydrogens (tertiary/aromatic N) is 4. The molecule has 2 saturated heterocycles. The fourth-order valence-corrected chi connectivity index (χ4v) is 3.80. The van der Waals surface area contributed by atoms with Gasteiger partial charge in [-0.3, -0.25) is 10.1 Å². The highest BCUT2D eigenvalue weighted by Gasteiger charge is 2.27. The van der Waals surface area contributed by atoms with Gasteiger partial charge in [0.1, 0.15) is 12.0 Å². The Labute approximate surface area is 143 Å². The number of nitrogens with one attached hydrogen (secondary N) is 1. The van der Waals surface area contributed by atoms with E-state index in [2.05, 4.69) is 27.1 Å². The summed E-state index contributed by atoms with van der Waals surface area (Å²) >= 11 is 0. The number of aromatic nitrogens is 1. The Hall–Kier alpha value is -1.73. The van der Waals surface area contributed by atoms with Crippen LogP contribution in [-0.2, 0) is 0 Å². The minimum absolute atomic E-state index is 0.0811. The van der Waals surface area contributed by atoms with Gasteiger partial charge in [-0.25, -0.2) is 4.98 Å².